The SMILES string of the molecule is CC(C)(C)[C@H](NC(=O)N1CCCC1(C)C)C(=O)O. The fraction of sp³-hybridized carbons (Fsp3) is 0.846. The number of hydrogen-bond donors (Lipinski definition) is 2. The van der Waals surface area contributed by atoms with E-state index >= 15 is 0 Å². The summed E-state index contributed by atoms with van der Waals surface area (Å²) < 4.78 is 0. The molecular weight excluding hydrogens is 232 g/mol. The minimum atomic E-state index is -0.993. The summed E-state index contributed by atoms with van der Waals surface area (Å²) >= 11 is 0. The van der Waals surface area contributed by atoms with Gasteiger partial charge >= 0.3 is 12.0 Å². The van der Waals surface area contributed by atoms with Crippen molar-refractivity contribution >= 4 is 12.0 Å². The number of carboxylic acids is 1. The Kier molecular flexibility index (Phi) is 3.93. The molecule has 1 heterocycles. The average molecular weight is 256 g/mol. The molecule has 104 valence electrons. The van der Waals surface area contributed by atoms with Crippen LogP contribution in [0.5, 0.6) is 0 Å². The van der Waals surface area contributed by atoms with Gasteiger partial charge in [0, 0.05) is 12.1 Å². The van der Waals surface area contributed by atoms with E-state index in [1.54, 1.807) is 25.7 Å². The second-order valence-corrected chi connectivity index (χ2v) is 6.65. The minimum Gasteiger partial charge on any atom is -0.480 e. The quantitative estimate of drug-likeness (QED) is 0.794. The zero-order valence-electron chi connectivity index (χ0n) is 11.9. The van der Waals surface area contributed by atoms with Gasteiger partial charge < -0.3 is 15.3 Å². The van der Waals surface area contributed by atoms with Crippen LogP contribution in [-0.2, 0) is 4.79 Å². The highest BCUT2D eigenvalue weighted by atomic mass is 16.4. The van der Waals surface area contributed by atoms with Gasteiger partial charge in [-0.2, -0.15) is 0 Å². The van der Waals surface area contributed by atoms with E-state index in [2.05, 4.69) is 5.32 Å². The second-order valence-electron chi connectivity index (χ2n) is 6.65. The molecule has 0 aromatic heterocycles. The van der Waals surface area contributed by atoms with Crippen LogP contribution in [0.1, 0.15) is 47.5 Å². The van der Waals surface area contributed by atoms with Crippen molar-refractivity contribution in [3.05, 3.63) is 0 Å². The Bertz CT molecular complexity index is 345. The van der Waals surface area contributed by atoms with Gasteiger partial charge in [-0.15, -0.1) is 0 Å². The zero-order chi connectivity index (χ0) is 14.1. The average Bonchev–Trinajstić information content (AvgIpc) is 2.51. The molecule has 0 bridgehead atoms. The molecule has 0 aromatic rings. The first-order chi connectivity index (χ1) is 8.05. The van der Waals surface area contributed by atoms with Crippen LogP contribution in [0.25, 0.3) is 0 Å². The predicted octanol–water partition coefficient (Wildman–Crippen LogP) is 2.07. The first-order valence-corrected chi connectivity index (χ1v) is 6.36. The highest BCUT2D eigenvalue weighted by Gasteiger charge is 2.39. The number of likely N-dealkylation sites (tertiary alicyclic amines) is 1. The third-order valence-corrected chi connectivity index (χ3v) is 3.53. The normalized spacial score (nSPS) is 20.6. The van der Waals surface area contributed by atoms with Crippen LogP contribution in [0.4, 0.5) is 4.79 Å². The van der Waals surface area contributed by atoms with Crippen LogP contribution < -0.4 is 5.32 Å². The number of aliphatic carboxylic acids is 1. The summed E-state index contributed by atoms with van der Waals surface area (Å²) in [5.74, 6) is -0.993. The number of nitrogens with one attached hydrogen (secondary N) is 1. The van der Waals surface area contributed by atoms with Crippen LogP contribution in [0.3, 0.4) is 0 Å². The van der Waals surface area contributed by atoms with Crippen LogP contribution >= 0.6 is 0 Å². The number of amides is 2. The van der Waals surface area contributed by atoms with E-state index in [1.807, 2.05) is 13.8 Å². The Morgan fingerprint density at radius 1 is 1.33 bits per heavy atom. The maximum absolute atomic E-state index is 12.2. The summed E-state index contributed by atoms with van der Waals surface area (Å²) in [5.41, 5.74) is -0.698. The largest absolute Gasteiger partial charge is 0.480 e. The molecule has 0 radical (unpaired) electrons. The van der Waals surface area contributed by atoms with Crippen molar-refractivity contribution in [2.24, 2.45) is 5.41 Å². The number of carboxylic acid groups (broad SMARTS) is 1. The van der Waals surface area contributed by atoms with Gasteiger partial charge in [0.25, 0.3) is 0 Å². The summed E-state index contributed by atoms with van der Waals surface area (Å²) in [7, 11) is 0. The molecule has 2 amide bonds. The molecule has 0 unspecified atom stereocenters. The van der Waals surface area contributed by atoms with Gasteiger partial charge in [0.15, 0.2) is 0 Å². The van der Waals surface area contributed by atoms with Gasteiger partial charge in [-0.3, -0.25) is 0 Å². The lowest BCUT2D eigenvalue weighted by molar-refractivity contribution is -0.142. The van der Waals surface area contributed by atoms with Crippen LogP contribution in [0, 0.1) is 5.41 Å². The highest BCUT2D eigenvalue weighted by Crippen LogP contribution is 2.28. The summed E-state index contributed by atoms with van der Waals surface area (Å²) in [5, 5.41) is 11.8. The minimum absolute atomic E-state index is 0.189. The van der Waals surface area contributed by atoms with Crippen molar-refractivity contribution in [1.82, 2.24) is 10.2 Å². The van der Waals surface area contributed by atoms with Crippen molar-refractivity contribution in [2.75, 3.05) is 6.54 Å². The van der Waals surface area contributed by atoms with Crippen molar-refractivity contribution in [2.45, 2.75) is 59.0 Å². The third-order valence-electron chi connectivity index (χ3n) is 3.53. The molecule has 0 spiro atoms. The summed E-state index contributed by atoms with van der Waals surface area (Å²) in [6.07, 6.45) is 1.92. The number of urea groups is 1. The fourth-order valence-corrected chi connectivity index (χ4v) is 2.33. The molecule has 1 atom stereocenters. The van der Waals surface area contributed by atoms with E-state index < -0.39 is 17.4 Å². The Morgan fingerprint density at radius 2 is 1.89 bits per heavy atom. The smallest absolute Gasteiger partial charge is 0.326 e. The second kappa shape index (κ2) is 4.78. The van der Waals surface area contributed by atoms with E-state index in [-0.39, 0.29) is 11.6 Å². The van der Waals surface area contributed by atoms with Crippen molar-refractivity contribution in [3.63, 3.8) is 0 Å². The summed E-state index contributed by atoms with van der Waals surface area (Å²) in [4.78, 5) is 25.1. The summed E-state index contributed by atoms with van der Waals surface area (Å²) in [6.45, 7) is 10.1. The van der Waals surface area contributed by atoms with Crippen molar-refractivity contribution in [1.29, 1.82) is 0 Å². The Hall–Kier alpha value is -1.26. The zero-order valence-corrected chi connectivity index (χ0v) is 11.9. The van der Waals surface area contributed by atoms with Crippen LogP contribution in [0.2, 0.25) is 0 Å². The molecule has 18 heavy (non-hydrogen) atoms. The molecule has 1 aliphatic rings. The van der Waals surface area contributed by atoms with Gasteiger partial charge in [0.05, 0.1) is 0 Å². The van der Waals surface area contributed by atoms with E-state index in [9.17, 15) is 14.7 Å². The number of carbonyl (C=O) groups excluding carboxylic acids is 1. The molecule has 0 aromatic carbocycles. The lowest BCUT2D eigenvalue weighted by atomic mass is 9.87. The lowest BCUT2D eigenvalue weighted by Crippen LogP contribution is -2.56. The number of hydrogen-bond acceptors (Lipinski definition) is 2. The first-order valence-electron chi connectivity index (χ1n) is 6.36. The molecule has 0 aliphatic carbocycles. The first kappa shape index (κ1) is 14.8. The maximum atomic E-state index is 12.2. The van der Waals surface area contributed by atoms with Gasteiger partial charge in [-0.1, -0.05) is 20.8 Å². The monoisotopic (exact) mass is 256 g/mol. The van der Waals surface area contributed by atoms with Crippen LogP contribution in [0.15, 0.2) is 0 Å². The van der Waals surface area contributed by atoms with Crippen molar-refractivity contribution < 1.29 is 14.7 Å². The van der Waals surface area contributed by atoms with E-state index in [1.165, 1.54) is 0 Å². The molecule has 5 heteroatoms. The molecular formula is C13H24N2O3. The van der Waals surface area contributed by atoms with Crippen LogP contribution in [-0.4, -0.2) is 40.1 Å². The molecule has 0 saturated carbocycles. The molecule has 1 aliphatic heterocycles. The van der Waals surface area contributed by atoms with E-state index in [4.69, 9.17) is 0 Å². The maximum Gasteiger partial charge on any atom is 0.326 e. The lowest BCUT2D eigenvalue weighted by Gasteiger charge is -2.35. The Labute approximate surface area is 109 Å². The molecule has 1 fully saturated rings. The number of rotatable bonds is 2. The van der Waals surface area contributed by atoms with E-state index in [0.29, 0.717) is 6.54 Å². The standard InChI is InChI=1S/C13H24N2O3/c1-12(2,3)9(10(16)17)14-11(18)15-8-6-7-13(15,4)5/h9H,6-8H2,1-5H3,(H,14,18)(H,16,17)/t9-/m1/s1. The van der Waals surface area contributed by atoms with Crippen molar-refractivity contribution in [3.8, 4) is 0 Å². The fourth-order valence-electron chi connectivity index (χ4n) is 2.33. The topological polar surface area (TPSA) is 69.6 Å². The number of nitrogens with zero attached hydrogens (tertiary/aromatic N) is 1. The predicted molar refractivity (Wildman–Crippen MR) is 69.4 cm³/mol. The van der Waals surface area contributed by atoms with Gasteiger partial charge in [-0.05, 0) is 32.1 Å². The summed E-state index contributed by atoms with van der Waals surface area (Å²) in [6, 6.07) is -1.15. The molecule has 5 nitrogen and oxygen atoms in total. The number of carbonyl (C=O) groups is 2. The molecule has 2 N–H and O–H groups in total. The van der Waals surface area contributed by atoms with Gasteiger partial charge in [-0.25, -0.2) is 9.59 Å². The molecule has 1 rings (SSSR count). The Balaban J connectivity index is 2.77. The molecule has 1 saturated heterocycles. The third kappa shape index (κ3) is 3.15. The highest BCUT2D eigenvalue weighted by molar-refractivity contribution is 5.83. The van der Waals surface area contributed by atoms with Gasteiger partial charge in [0.1, 0.15) is 6.04 Å². The van der Waals surface area contributed by atoms with E-state index in [0.717, 1.165) is 12.8 Å². The Morgan fingerprint density at radius 3 is 2.22 bits per heavy atom. The van der Waals surface area contributed by atoms with Gasteiger partial charge in [0.2, 0.25) is 0 Å².